The molecular weight excluding hydrogens is 166 g/mol. The first-order valence-corrected chi connectivity index (χ1v) is 5.46. The molecule has 1 atom stereocenters. The second kappa shape index (κ2) is 3.19. The van der Waals surface area contributed by atoms with Crippen LogP contribution < -0.4 is 5.73 Å². The van der Waals surface area contributed by atoms with Gasteiger partial charge in [-0.05, 0) is 44.2 Å². The maximum Gasteiger partial charge on any atom is 0.0361 e. The SMILES string of the molecule is C[C@H](N)c1cc2c(s1)CCCC2. The number of hydrogen-bond donors (Lipinski definition) is 1. The van der Waals surface area contributed by atoms with E-state index in [0.717, 1.165) is 0 Å². The van der Waals surface area contributed by atoms with Crippen molar-refractivity contribution in [3.63, 3.8) is 0 Å². The van der Waals surface area contributed by atoms with E-state index in [1.54, 1.807) is 10.4 Å². The van der Waals surface area contributed by atoms with Crippen LogP contribution in [0.3, 0.4) is 0 Å². The van der Waals surface area contributed by atoms with E-state index in [2.05, 4.69) is 13.0 Å². The average Bonchev–Trinajstić information content (AvgIpc) is 2.46. The Balaban J connectivity index is 2.32. The fourth-order valence-corrected chi connectivity index (χ4v) is 2.95. The van der Waals surface area contributed by atoms with Crippen molar-refractivity contribution in [2.45, 2.75) is 38.6 Å². The Kier molecular flexibility index (Phi) is 2.20. The molecule has 0 spiro atoms. The van der Waals surface area contributed by atoms with Crippen LogP contribution in [0.1, 0.15) is 41.1 Å². The summed E-state index contributed by atoms with van der Waals surface area (Å²) in [7, 11) is 0. The summed E-state index contributed by atoms with van der Waals surface area (Å²) in [5.74, 6) is 0. The standard InChI is InChI=1S/C10H15NS/c1-7(11)10-6-8-4-2-3-5-9(8)12-10/h6-7H,2-5,11H2,1H3/t7-/m0/s1. The van der Waals surface area contributed by atoms with Gasteiger partial charge in [0.15, 0.2) is 0 Å². The smallest absolute Gasteiger partial charge is 0.0361 e. The molecular formula is C10H15NS. The first-order valence-electron chi connectivity index (χ1n) is 4.64. The summed E-state index contributed by atoms with van der Waals surface area (Å²) in [4.78, 5) is 2.95. The third-order valence-corrected chi connectivity index (χ3v) is 3.90. The molecule has 0 saturated heterocycles. The van der Waals surface area contributed by atoms with Gasteiger partial charge in [0.2, 0.25) is 0 Å². The van der Waals surface area contributed by atoms with Crippen LogP contribution in [0, 0.1) is 0 Å². The van der Waals surface area contributed by atoms with Gasteiger partial charge in [0.1, 0.15) is 0 Å². The lowest BCUT2D eigenvalue weighted by atomic mass is 9.99. The van der Waals surface area contributed by atoms with Crippen LogP contribution >= 0.6 is 11.3 Å². The van der Waals surface area contributed by atoms with E-state index in [1.165, 1.54) is 30.6 Å². The molecule has 0 saturated carbocycles. The molecule has 0 bridgehead atoms. The zero-order valence-corrected chi connectivity index (χ0v) is 8.29. The predicted octanol–water partition coefficient (Wildman–Crippen LogP) is 2.65. The van der Waals surface area contributed by atoms with Crippen molar-refractivity contribution in [2.75, 3.05) is 0 Å². The van der Waals surface area contributed by atoms with Crippen LogP contribution in [0.4, 0.5) is 0 Å². The van der Waals surface area contributed by atoms with Gasteiger partial charge in [-0.3, -0.25) is 0 Å². The largest absolute Gasteiger partial charge is 0.324 e. The summed E-state index contributed by atoms with van der Waals surface area (Å²) in [5, 5.41) is 0. The van der Waals surface area contributed by atoms with Crippen LogP contribution in [-0.2, 0) is 12.8 Å². The summed E-state index contributed by atoms with van der Waals surface area (Å²) >= 11 is 1.92. The Bertz CT molecular complexity index is 252. The first kappa shape index (κ1) is 8.27. The van der Waals surface area contributed by atoms with E-state index in [-0.39, 0.29) is 6.04 Å². The van der Waals surface area contributed by atoms with Gasteiger partial charge in [0.05, 0.1) is 0 Å². The topological polar surface area (TPSA) is 26.0 Å². The first-order chi connectivity index (χ1) is 5.77. The number of nitrogens with two attached hydrogens (primary N) is 1. The molecule has 2 N–H and O–H groups in total. The van der Waals surface area contributed by atoms with Gasteiger partial charge >= 0.3 is 0 Å². The highest BCUT2D eigenvalue weighted by atomic mass is 32.1. The molecule has 0 radical (unpaired) electrons. The van der Waals surface area contributed by atoms with Gasteiger partial charge in [-0.15, -0.1) is 11.3 Å². The lowest BCUT2D eigenvalue weighted by Gasteiger charge is -2.08. The Hall–Kier alpha value is -0.340. The second-order valence-corrected chi connectivity index (χ2v) is 4.76. The van der Waals surface area contributed by atoms with Gasteiger partial charge in [-0.1, -0.05) is 0 Å². The molecule has 1 aromatic heterocycles. The van der Waals surface area contributed by atoms with Gasteiger partial charge in [0.25, 0.3) is 0 Å². The minimum Gasteiger partial charge on any atom is -0.324 e. The van der Waals surface area contributed by atoms with Crippen molar-refractivity contribution in [3.8, 4) is 0 Å². The van der Waals surface area contributed by atoms with Crippen LogP contribution in [0.15, 0.2) is 6.07 Å². The maximum absolute atomic E-state index is 5.84. The minimum atomic E-state index is 0.223. The molecule has 1 aromatic rings. The van der Waals surface area contributed by atoms with Crippen molar-refractivity contribution >= 4 is 11.3 Å². The summed E-state index contributed by atoms with van der Waals surface area (Å²) in [6.07, 6.45) is 5.29. The molecule has 0 amide bonds. The Morgan fingerprint density at radius 2 is 2.17 bits per heavy atom. The number of aryl methyl sites for hydroxylation is 2. The van der Waals surface area contributed by atoms with Gasteiger partial charge in [-0.2, -0.15) is 0 Å². The molecule has 12 heavy (non-hydrogen) atoms. The predicted molar refractivity (Wildman–Crippen MR) is 53.6 cm³/mol. The van der Waals surface area contributed by atoms with E-state index in [0.29, 0.717) is 0 Å². The third kappa shape index (κ3) is 1.41. The number of fused-ring (bicyclic) bond motifs is 1. The zero-order valence-electron chi connectivity index (χ0n) is 7.47. The zero-order chi connectivity index (χ0) is 8.55. The van der Waals surface area contributed by atoms with Crippen LogP contribution in [0.25, 0.3) is 0 Å². The quantitative estimate of drug-likeness (QED) is 0.708. The molecule has 1 aliphatic carbocycles. The van der Waals surface area contributed by atoms with Crippen LogP contribution in [0.2, 0.25) is 0 Å². The van der Waals surface area contributed by atoms with Crippen molar-refractivity contribution in [1.29, 1.82) is 0 Å². The summed E-state index contributed by atoms with van der Waals surface area (Å²) in [5.41, 5.74) is 7.40. The van der Waals surface area contributed by atoms with E-state index in [4.69, 9.17) is 5.73 Å². The van der Waals surface area contributed by atoms with Crippen LogP contribution in [-0.4, -0.2) is 0 Å². The highest BCUT2D eigenvalue weighted by molar-refractivity contribution is 7.12. The average molecular weight is 181 g/mol. The molecule has 2 heteroatoms. The van der Waals surface area contributed by atoms with Gasteiger partial charge in [0, 0.05) is 15.8 Å². The third-order valence-electron chi connectivity index (χ3n) is 2.46. The monoisotopic (exact) mass is 181 g/mol. The molecule has 0 aliphatic heterocycles. The molecule has 0 aromatic carbocycles. The van der Waals surface area contributed by atoms with E-state index >= 15 is 0 Å². The van der Waals surface area contributed by atoms with Crippen molar-refractivity contribution in [1.82, 2.24) is 0 Å². The Morgan fingerprint density at radius 3 is 2.83 bits per heavy atom. The number of thiophene rings is 1. The van der Waals surface area contributed by atoms with Gasteiger partial charge < -0.3 is 5.73 Å². The summed E-state index contributed by atoms with van der Waals surface area (Å²) < 4.78 is 0. The molecule has 1 heterocycles. The molecule has 1 aliphatic rings. The lowest BCUT2D eigenvalue weighted by molar-refractivity contribution is 0.696. The highest BCUT2D eigenvalue weighted by Gasteiger charge is 2.14. The maximum atomic E-state index is 5.84. The van der Waals surface area contributed by atoms with E-state index in [1.807, 2.05) is 11.3 Å². The van der Waals surface area contributed by atoms with Crippen molar-refractivity contribution in [3.05, 3.63) is 21.4 Å². The van der Waals surface area contributed by atoms with Crippen LogP contribution in [0.5, 0.6) is 0 Å². The fourth-order valence-electron chi connectivity index (χ4n) is 1.74. The molecule has 0 unspecified atom stereocenters. The normalized spacial score (nSPS) is 18.8. The molecule has 0 fully saturated rings. The summed E-state index contributed by atoms with van der Waals surface area (Å²) in [6.45, 7) is 2.07. The molecule has 1 nitrogen and oxygen atoms in total. The molecule has 2 rings (SSSR count). The fraction of sp³-hybridized carbons (Fsp3) is 0.600. The second-order valence-electron chi connectivity index (χ2n) is 3.59. The summed E-state index contributed by atoms with van der Waals surface area (Å²) in [6, 6.07) is 2.53. The van der Waals surface area contributed by atoms with E-state index in [9.17, 15) is 0 Å². The minimum absolute atomic E-state index is 0.223. The lowest BCUT2D eigenvalue weighted by Crippen LogP contribution is -2.01. The molecule has 66 valence electrons. The van der Waals surface area contributed by atoms with Crippen molar-refractivity contribution in [2.24, 2.45) is 5.73 Å². The Morgan fingerprint density at radius 1 is 1.42 bits per heavy atom. The van der Waals surface area contributed by atoms with E-state index < -0.39 is 0 Å². The highest BCUT2D eigenvalue weighted by Crippen LogP contribution is 2.31. The number of rotatable bonds is 1. The van der Waals surface area contributed by atoms with Gasteiger partial charge in [-0.25, -0.2) is 0 Å². The number of hydrogen-bond acceptors (Lipinski definition) is 2. The Labute approximate surface area is 77.6 Å². The van der Waals surface area contributed by atoms with Crippen molar-refractivity contribution < 1.29 is 0 Å².